The second-order valence-electron chi connectivity index (χ2n) is 13.8. The molecular formula is C34H50N8O7. The van der Waals surface area contributed by atoms with Crippen molar-refractivity contribution in [1.82, 2.24) is 30.1 Å². The van der Waals surface area contributed by atoms with Gasteiger partial charge in [0.1, 0.15) is 11.6 Å². The Bertz CT molecular complexity index is 1450. The van der Waals surface area contributed by atoms with Gasteiger partial charge in [-0.25, -0.2) is 9.48 Å². The Morgan fingerprint density at radius 2 is 1.78 bits per heavy atom. The van der Waals surface area contributed by atoms with Crippen LogP contribution in [0.4, 0.5) is 4.79 Å². The van der Waals surface area contributed by atoms with Crippen LogP contribution in [0.5, 0.6) is 0 Å². The minimum atomic E-state index is -1.30. The lowest BCUT2D eigenvalue weighted by molar-refractivity contribution is -0.142. The Labute approximate surface area is 286 Å². The summed E-state index contributed by atoms with van der Waals surface area (Å²) >= 11 is 0. The standard InChI is InChI=1S/C34H50N8O7/c1-34(2,49)28-19-37-39-42(28)24-18-27(41(21-24)32(46)25(35)17-22-11-5-3-6-12-22)31(45)38-26(29(43)30(36)44)15-9-10-16-40(33(47)48)20-23-13-7-4-8-14-23/h4,7-8,13-14,19,22,24-27,49H,3,5-6,9-12,15-18,20-21,35H2,1-2H3,(H2,36,44)(H,38,45)(H,47,48)/t24-,25+,26?,27-/m0/s1. The number of primary amides is 1. The number of rotatable bonds is 16. The summed E-state index contributed by atoms with van der Waals surface area (Å²) in [5.74, 6) is -2.94. The van der Waals surface area contributed by atoms with Crippen LogP contribution in [0.2, 0.25) is 0 Å². The van der Waals surface area contributed by atoms with E-state index in [-0.39, 0.29) is 32.5 Å². The van der Waals surface area contributed by atoms with E-state index >= 15 is 0 Å². The molecule has 15 nitrogen and oxygen atoms in total. The number of benzene rings is 1. The number of amides is 4. The second kappa shape index (κ2) is 16.8. The third-order valence-corrected chi connectivity index (χ3v) is 9.57. The molecule has 4 rings (SSSR count). The van der Waals surface area contributed by atoms with E-state index in [1.165, 1.54) is 20.7 Å². The Balaban J connectivity index is 1.47. The molecule has 2 fully saturated rings. The number of nitrogens with zero attached hydrogens (tertiary/aromatic N) is 5. The largest absolute Gasteiger partial charge is 0.465 e. The van der Waals surface area contributed by atoms with Crippen LogP contribution in [0.1, 0.15) is 95.4 Å². The van der Waals surface area contributed by atoms with Gasteiger partial charge in [0, 0.05) is 26.1 Å². The molecule has 0 bridgehead atoms. The summed E-state index contributed by atoms with van der Waals surface area (Å²) in [7, 11) is 0. The Morgan fingerprint density at radius 1 is 1.08 bits per heavy atom. The van der Waals surface area contributed by atoms with Gasteiger partial charge in [-0.2, -0.15) is 0 Å². The number of hydrogen-bond acceptors (Lipinski definition) is 9. The van der Waals surface area contributed by atoms with Crippen molar-refractivity contribution in [2.45, 2.75) is 114 Å². The summed E-state index contributed by atoms with van der Waals surface area (Å²) in [6.45, 7) is 3.60. The molecule has 1 aromatic carbocycles. The highest BCUT2D eigenvalue weighted by Crippen LogP contribution is 2.33. The van der Waals surface area contributed by atoms with E-state index < -0.39 is 59.4 Å². The second-order valence-corrected chi connectivity index (χ2v) is 13.8. The Hall–Kier alpha value is -4.37. The van der Waals surface area contributed by atoms with E-state index in [9.17, 15) is 34.2 Å². The van der Waals surface area contributed by atoms with Gasteiger partial charge < -0.3 is 36.8 Å². The predicted octanol–water partition coefficient (Wildman–Crippen LogP) is 1.83. The van der Waals surface area contributed by atoms with Crippen LogP contribution in [0.3, 0.4) is 0 Å². The molecule has 0 radical (unpaired) electrons. The van der Waals surface area contributed by atoms with Gasteiger partial charge in [0.05, 0.1) is 30.0 Å². The van der Waals surface area contributed by atoms with E-state index in [0.717, 1.165) is 37.7 Å². The third kappa shape index (κ3) is 10.1. The van der Waals surface area contributed by atoms with Crippen LogP contribution in [0, 0.1) is 5.92 Å². The first-order chi connectivity index (χ1) is 23.3. The smallest absolute Gasteiger partial charge is 0.407 e. The van der Waals surface area contributed by atoms with Crippen LogP contribution in [0.25, 0.3) is 0 Å². The lowest BCUT2D eigenvalue weighted by Gasteiger charge is -2.30. The van der Waals surface area contributed by atoms with Crippen LogP contribution < -0.4 is 16.8 Å². The predicted molar refractivity (Wildman–Crippen MR) is 178 cm³/mol. The Morgan fingerprint density at radius 3 is 2.41 bits per heavy atom. The summed E-state index contributed by atoms with van der Waals surface area (Å²) in [5, 5.41) is 31.2. The molecule has 15 heteroatoms. The average Bonchev–Trinajstić information content (AvgIpc) is 3.74. The number of ketones is 1. The number of aliphatic hydroxyl groups is 1. The zero-order chi connectivity index (χ0) is 35.7. The maximum atomic E-state index is 13.9. The van der Waals surface area contributed by atoms with Gasteiger partial charge in [-0.1, -0.05) is 67.6 Å². The maximum absolute atomic E-state index is 13.9. The van der Waals surface area contributed by atoms with Crippen molar-refractivity contribution in [3.8, 4) is 0 Å². The fourth-order valence-corrected chi connectivity index (χ4v) is 6.94. The molecule has 1 saturated heterocycles. The van der Waals surface area contributed by atoms with E-state index in [1.54, 1.807) is 13.8 Å². The number of aromatic nitrogens is 3. The van der Waals surface area contributed by atoms with Crippen molar-refractivity contribution in [3.63, 3.8) is 0 Å². The number of carboxylic acid groups (broad SMARTS) is 1. The first kappa shape index (κ1) is 37.4. The number of unbranched alkanes of at least 4 members (excludes halogenated alkanes) is 1. The van der Waals surface area contributed by atoms with Crippen molar-refractivity contribution < 1.29 is 34.2 Å². The van der Waals surface area contributed by atoms with Crippen LogP contribution in [0.15, 0.2) is 36.5 Å². The molecule has 1 aliphatic heterocycles. The summed E-state index contributed by atoms with van der Waals surface area (Å²) in [4.78, 5) is 67.1. The number of hydrogen-bond donors (Lipinski definition) is 5. The van der Waals surface area contributed by atoms with Crippen LogP contribution >= 0.6 is 0 Å². The van der Waals surface area contributed by atoms with E-state index in [0.29, 0.717) is 30.9 Å². The fourth-order valence-electron chi connectivity index (χ4n) is 6.94. The van der Waals surface area contributed by atoms with Crippen molar-refractivity contribution in [2.75, 3.05) is 13.1 Å². The monoisotopic (exact) mass is 682 g/mol. The molecule has 1 aromatic heterocycles. The Kier molecular flexibility index (Phi) is 12.9. The van der Waals surface area contributed by atoms with Gasteiger partial charge in [-0.05, 0) is 51.0 Å². The summed E-state index contributed by atoms with van der Waals surface area (Å²) in [6.07, 6.45) is 6.95. The zero-order valence-electron chi connectivity index (χ0n) is 28.4. The minimum absolute atomic E-state index is 0.0313. The first-order valence-corrected chi connectivity index (χ1v) is 17.1. The molecule has 2 aromatic rings. The van der Waals surface area contributed by atoms with Gasteiger partial charge in [-0.15, -0.1) is 5.10 Å². The number of Topliss-reactive ketones (excluding diaryl/α,β-unsaturated/α-hetero) is 1. The first-order valence-electron chi connectivity index (χ1n) is 17.1. The van der Waals surface area contributed by atoms with Gasteiger partial charge in [0.2, 0.25) is 17.6 Å². The number of likely N-dealkylation sites (tertiary alicyclic amines) is 1. The number of carbonyl (C=O) groups excluding carboxylic acids is 4. The van der Waals surface area contributed by atoms with Gasteiger partial charge in [0.15, 0.2) is 0 Å². The lowest BCUT2D eigenvalue weighted by atomic mass is 9.84. The molecule has 268 valence electrons. The molecule has 0 spiro atoms. The highest BCUT2D eigenvalue weighted by Gasteiger charge is 2.44. The molecule has 2 heterocycles. The summed E-state index contributed by atoms with van der Waals surface area (Å²) in [5.41, 5.74) is 11.7. The van der Waals surface area contributed by atoms with Gasteiger partial charge in [-0.3, -0.25) is 19.2 Å². The fraction of sp³-hybridized carbons (Fsp3) is 0.618. The molecule has 4 atom stereocenters. The molecule has 2 aliphatic rings. The quantitative estimate of drug-likeness (QED) is 0.127. The molecule has 1 unspecified atom stereocenters. The summed E-state index contributed by atoms with van der Waals surface area (Å²) < 4.78 is 1.51. The minimum Gasteiger partial charge on any atom is -0.465 e. The van der Waals surface area contributed by atoms with Crippen molar-refractivity contribution >= 4 is 29.6 Å². The normalized spacial score (nSPS) is 19.6. The number of carbonyl (C=O) groups is 5. The lowest BCUT2D eigenvalue weighted by Crippen LogP contribution is -2.55. The summed E-state index contributed by atoms with van der Waals surface area (Å²) in [6, 6.07) is 5.45. The molecule has 4 amide bonds. The molecule has 1 aliphatic carbocycles. The average molecular weight is 683 g/mol. The third-order valence-electron chi connectivity index (χ3n) is 9.57. The van der Waals surface area contributed by atoms with Crippen LogP contribution in [-0.2, 0) is 31.3 Å². The van der Waals surface area contributed by atoms with E-state index in [2.05, 4.69) is 15.6 Å². The number of nitrogens with one attached hydrogen (secondary N) is 1. The van der Waals surface area contributed by atoms with E-state index in [1.807, 2.05) is 30.3 Å². The van der Waals surface area contributed by atoms with E-state index in [4.69, 9.17) is 11.5 Å². The van der Waals surface area contributed by atoms with Crippen molar-refractivity contribution in [1.29, 1.82) is 0 Å². The molecule has 7 N–H and O–H groups in total. The SMILES string of the molecule is CC(C)(O)c1cnnn1[C@H]1C[C@@H](C(=O)NC(CCCCN(Cc2ccccc2)C(=O)O)C(=O)C(N)=O)N(C(=O)[C@H](N)CC2CCCCC2)C1. The topological polar surface area (TPSA) is 227 Å². The molecule has 1 saturated carbocycles. The molecule has 49 heavy (non-hydrogen) atoms. The maximum Gasteiger partial charge on any atom is 0.407 e. The van der Waals surface area contributed by atoms with Gasteiger partial charge >= 0.3 is 6.09 Å². The number of nitrogens with two attached hydrogens (primary N) is 2. The molecular weight excluding hydrogens is 632 g/mol. The van der Waals surface area contributed by atoms with Crippen molar-refractivity contribution in [3.05, 3.63) is 47.8 Å². The van der Waals surface area contributed by atoms with Crippen LogP contribution in [-0.4, -0.2) is 95.8 Å². The zero-order valence-corrected chi connectivity index (χ0v) is 28.4. The highest BCUT2D eigenvalue weighted by molar-refractivity contribution is 6.37. The highest BCUT2D eigenvalue weighted by atomic mass is 16.4. The van der Waals surface area contributed by atoms with Crippen molar-refractivity contribution in [2.24, 2.45) is 17.4 Å². The van der Waals surface area contributed by atoms with Gasteiger partial charge in [0.25, 0.3) is 5.91 Å².